The van der Waals surface area contributed by atoms with Crippen molar-refractivity contribution in [3.05, 3.63) is 0 Å². The van der Waals surface area contributed by atoms with Gasteiger partial charge in [-0.1, -0.05) is 33.1 Å². The fourth-order valence-corrected chi connectivity index (χ4v) is 2.84. The van der Waals surface area contributed by atoms with Gasteiger partial charge in [0.2, 0.25) is 11.8 Å². The predicted molar refractivity (Wildman–Crippen MR) is 96.9 cm³/mol. The van der Waals surface area contributed by atoms with E-state index >= 15 is 0 Å². The van der Waals surface area contributed by atoms with Crippen LogP contribution in [0.5, 0.6) is 0 Å². The zero-order valence-corrected chi connectivity index (χ0v) is 16.2. The Morgan fingerprint density at radius 2 is 1.52 bits per heavy atom. The van der Waals surface area contributed by atoms with Crippen LogP contribution in [0.4, 0.5) is 0 Å². The molecule has 1 saturated heterocycles. The smallest absolute Gasteiger partial charge is 0.328 e. The van der Waals surface area contributed by atoms with Gasteiger partial charge in [0.05, 0.1) is 6.61 Å². The highest BCUT2D eigenvalue weighted by Gasteiger charge is 2.27. The summed E-state index contributed by atoms with van der Waals surface area (Å²) < 4.78 is 5.36. The monoisotopic (exact) mass is 354 g/mol. The normalized spacial score (nSPS) is 24.8. The quantitative estimate of drug-likeness (QED) is 0.709. The van der Waals surface area contributed by atoms with Gasteiger partial charge in [-0.15, -0.1) is 0 Å². The molecule has 1 heterocycles. The summed E-state index contributed by atoms with van der Waals surface area (Å²) in [6, 6.07) is -0.624. The maximum absolute atomic E-state index is 12.3. The van der Waals surface area contributed by atoms with Crippen molar-refractivity contribution >= 4 is 17.8 Å². The van der Waals surface area contributed by atoms with E-state index in [-0.39, 0.29) is 24.3 Å². The third-order valence-corrected chi connectivity index (χ3v) is 4.49. The van der Waals surface area contributed by atoms with E-state index in [2.05, 4.69) is 10.6 Å². The number of rotatable bonds is 1. The van der Waals surface area contributed by atoms with Crippen molar-refractivity contribution in [3.8, 4) is 0 Å². The SMILES string of the molecule is CC(C)[C@@H]1NC(=O)CCCCCCCC(=O)NC(C)(C)CCOC1=O. The van der Waals surface area contributed by atoms with Crippen molar-refractivity contribution in [2.24, 2.45) is 5.92 Å². The summed E-state index contributed by atoms with van der Waals surface area (Å²) in [5.74, 6) is -0.504. The number of hydrogen-bond acceptors (Lipinski definition) is 4. The summed E-state index contributed by atoms with van der Waals surface area (Å²) in [6.07, 6.45) is 6.08. The molecule has 1 rings (SSSR count). The first kappa shape index (κ1) is 21.5. The molecule has 0 aromatic rings. The van der Waals surface area contributed by atoms with Gasteiger partial charge in [0.25, 0.3) is 0 Å². The van der Waals surface area contributed by atoms with Crippen LogP contribution < -0.4 is 10.6 Å². The van der Waals surface area contributed by atoms with E-state index in [1.807, 2.05) is 27.7 Å². The molecule has 25 heavy (non-hydrogen) atoms. The summed E-state index contributed by atoms with van der Waals surface area (Å²) in [6.45, 7) is 7.84. The van der Waals surface area contributed by atoms with Crippen LogP contribution >= 0.6 is 0 Å². The lowest BCUT2D eigenvalue weighted by Gasteiger charge is -2.27. The molecule has 1 aliphatic rings. The van der Waals surface area contributed by atoms with Crippen LogP contribution in [0, 0.1) is 5.92 Å². The van der Waals surface area contributed by atoms with Gasteiger partial charge in [0.1, 0.15) is 6.04 Å². The zero-order valence-electron chi connectivity index (χ0n) is 16.2. The fourth-order valence-electron chi connectivity index (χ4n) is 2.84. The van der Waals surface area contributed by atoms with Crippen LogP contribution in [0.1, 0.15) is 79.1 Å². The molecule has 1 aliphatic heterocycles. The van der Waals surface area contributed by atoms with Crippen molar-refractivity contribution in [1.82, 2.24) is 10.6 Å². The molecule has 0 spiro atoms. The second-order valence-electron chi connectivity index (χ2n) is 7.91. The molecule has 0 radical (unpaired) electrons. The van der Waals surface area contributed by atoms with Crippen LogP contribution in [0.15, 0.2) is 0 Å². The van der Waals surface area contributed by atoms with Crippen molar-refractivity contribution in [1.29, 1.82) is 0 Å². The minimum atomic E-state index is -0.624. The van der Waals surface area contributed by atoms with E-state index in [0.717, 1.165) is 32.1 Å². The van der Waals surface area contributed by atoms with Gasteiger partial charge < -0.3 is 15.4 Å². The highest BCUT2D eigenvalue weighted by molar-refractivity contribution is 5.84. The Hall–Kier alpha value is -1.59. The van der Waals surface area contributed by atoms with Crippen LogP contribution in [0.3, 0.4) is 0 Å². The van der Waals surface area contributed by atoms with Gasteiger partial charge in [0, 0.05) is 24.8 Å². The number of carbonyl (C=O) groups excluding carboxylic acids is 3. The van der Waals surface area contributed by atoms with E-state index in [1.165, 1.54) is 0 Å². The summed E-state index contributed by atoms with van der Waals surface area (Å²) in [7, 11) is 0. The van der Waals surface area contributed by atoms with E-state index < -0.39 is 17.6 Å². The number of nitrogens with one attached hydrogen (secondary N) is 2. The molecule has 0 aliphatic carbocycles. The van der Waals surface area contributed by atoms with Crippen LogP contribution in [-0.2, 0) is 19.1 Å². The molecule has 0 saturated carbocycles. The van der Waals surface area contributed by atoms with Crippen LogP contribution in [0.2, 0.25) is 0 Å². The minimum absolute atomic E-state index is 0.0359. The van der Waals surface area contributed by atoms with Crippen molar-refractivity contribution in [3.63, 3.8) is 0 Å². The van der Waals surface area contributed by atoms with Crippen molar-refractivity contribution in [2.45, 2.75) is 90.6 Å². The first-order valence-corrected chi connectivity index (χ1v) is 9.48. The number of carbonyl (C=O) groups is 3. The Morgan fingerprint density at radius 3 is 2.12 bits per heavy atom. The molecule has 6 heteroatoms. The molecule has 1 fully saturated rings. The second-order valence-corrected chi connectivity index (χ2v) is 7.91. The molecule has 2 N–H and O–H groups in total. The Kier molecular flexibility index (Phi) is 8.93. The number of cyclic esters (lactones) is 1. The molecule has 0 aromatic heterocycles. The topological polar surface area (TPSA) is 84.5 Å². The van der Waals surface area contributed by atoms with Crippen molar-refractivity contribution in [2.75, 3.05) is 6.61 Å². The lowest BCUT2D eigenvalue weighted by Crippen LogP contribution is -2.47. The summed E-state index contributed by atoms with van der Waals surface area (Å²) in [4.78, 5) is 36.4. The zero-order chi connectivity index (χ0) is 18.9. The number of hydrogen-bond donors (Lipinski definition) is 2. The first-order valence-electron chi connectivity index (χ1n) is 9.48. The van der Waals surface area contributed by atoms with E-state index in [1.54, 1.807) is 0 Å². The third kappa shape index (κ3) is 8.89. The second kappa shape index (κ2) is 10.4. The Labute approximate surface area is 151 Å². The minimum Gasteiger partial charge on any atom is -0.464 e. The third-order valence-electron chi connectivity index (χ3n) is 4.49. The molecule has 1 atom stereocenters. The van der Waals surface area contributed by atoms with Gasteiger partial charge in [-0.3, -0.25) is 9.59 Å². The number of ether oxygens (including phenoxy) is 1. The molecular formula is C19H34N2O4. The lowest BCUT2D eigenvalue weighted by atomic mass is 10.0. The molecule has 6 nitrogen and oxygen atoms in total. The molecule has 2 amide bonds. The molecule has 0 unspecified atom stereocenters. The highest BCUT2D eigenvalue weighted by atomic mass is 16.5. The molecule has 0 aromatic carbocycles. The van der Waals surface area contributed by atoms with Gasteiger partial charge >= 0.3 is 5.97 Å². The number of esters is 1. The van der Waals surface area contributed by atoms with Gasteiger partial charge in [0.15, 0.2) is 0 Å². The largest absolute Gasteiger partial charge is 0.464 e. The Balaban J connectivity index is 2.71. The fraction of sp³-hybridized carbons (Fsp3) is 0.842. The van der Waals surface area contributed by atoms with Gasteiger partial charge in [-0.05, 0) is 32.6 Å². The van der Waals surface area contributed by atoms with Gasteiger partial charge in [-0.2, -0.15) is 0 Å². The molecular weight excluding hydrogens is 320 g/mol. The summed E-state index contributed by atoms with van der Waals surface area (Å²) in [5.41, 5.74) is -0.429. The first-order chi connectivity index (χ1) is 11.7. The van der Waals surface area contributed by atoms with Crippen LogP contribution in [-0.4, -0.2) is 36.0 Å². The highest BCUT2D eigenvalue weighted by Crippen LogP contribution is 2.13. The summed E-state index contributed by atoms with van der Waals surface area (Å²) in [5, 5.41) is 5.81. The standard InChI is InChI=1S/C19H34N2O4/c1-14(2)17-18(24)25-13-12-19(3,4)21-16(23)11-9-7-5-6-8-10-15(22)20-17/h14,17H,5-13H2,1-4H3,(H,20,22)(H,21,23)/t17-/m0/s1. The van der Waals surface area contributed by atoms with E-state index in [0.29, 0.717) is 19.3 Å². The number of amides is 2. The maximum atomic E-state index is 12.3. The average Bonchev–Trinajstić information content (AvgIpc) is 2.49. The van der Waals surface area contributed by atoms with E-state index in [4.69, 9.17) is 4.74 Å². The molecule has 0 bridgehead atoms. The predicted octanol–water partition coefficient (Wildman–Crippen LogP) is 2.70. The summed E-state index contributed by atoms with van der Waals surface area (Å²) >= 11 is 0. The van der Waals surface area contributed by atoms with Crippen LogP contribution in [0.25, 0.3) is 0 Å². The lowest BCUT2D eigenvalue weighted by molar-refractivity contribution is -0.149. The molecule has 144 valence electrons. The Morgan fingerprint density at radius 1 is 0.960 bits per heavy atom. The maximum Gasteiger partial charge on any atom is 0.328 e. The van der Waals surface area contributed by atoms with Crippen molar-refractivity contribution < 1.29 is 19.1 Å². The Bertz CT molecular complexity index is 460. The van der Waals surface area contributed by atoms with E-state index in [9.17, 15) is 14.4 Å². The average molecular weight is 354 g/mol. The van der Waals surface area contributed by atoms with Gasteiger partial charge in [-0.25, -0.2) is 4.79 Å².